The number of rotatable bonds is 13. The van der Waals surface area contributed by atoms with Crippen molar-refractivity contribution in [3.05, 3.63) is 34.9 Å². The lowest BCUT2D eigenvalue weighted by molar-refractivity contribution is -0.155. The van der Waals surface area contributed by atoms with Crippen molar-refractivity contribution in [2.75, 3.05) is 26.2 Å². The minimum absolute atomic E-state index is 0.0421. The third-order valence-corrected chi connectivity index (χ3v) is 10.8. The summed E-state index contributed by atoms with van der Waals surface area (Å²) >= 11 is 6.26. The zero-order chi connectivity index (χ0) is 36.9. The van der Waals surface area contributed by atoms with Crippen LogP contribution in [0.1, 0.15) is 104 Å². The van der Waals surface area contributed by atoms with Crippen molar-refractivity contribution in [2.24, 2.45) is 16.5 Å². The van der Waals surface area contributed by atoms with Gasteiger partial charge >= 0.3 is 0 Å². The highest BCUT2D eigenvalue weighted by Gasteiger charge is 2.56. The van der Waals surface area contributed by atoms with Gasteiger partial charge in [-0.3, -0.25) is 24.0 Å². The van der Waals surface area contributed by atoms with Gasteiger partial charge in [0.1, 0.15) is 12.1 Å². The van der Waals surface area contributed by atoms with E-state index < -0.39 is 52.6 Å². The number of hydrogen-bond donors (Lipinski definition) is 2. The Morgan fingerprint density at radius 2 is 1.80 bits per heavy atom. The third-order valence-electron chi connectivity index (χ3n) is 10.6. The lowest BCUT2D eigenvalue weighted by Gasteiger charge is -2.39. The molecule has 0 aromatic heterocycles. The van der Waals surface area contributed by atoms with Crippen LogP contribution in [0.5, 0.6) is 0 Å². The van der Waals surface area contributed by atoms with Gasteiger partial charge in [-0.2, -0.15) is 0 Å². The summed E-state index contributed by atoms with van der Waals surface area (Å²) in [5.41, 5.74) is -0.282. The molecule has 0 bridgehead atoms. The van der Waals surface area contributed by atoms with Gasteiger partial charge in [-0.1, -0.05) is 82.3 Å². The standard InChI is InChI=1S/C38H54ClN5O7/c1-6-12-28(32(46)35(48)43-21-27(22-43)50-7-2)40-34(47)30-20-38(19-29(42-51-38)25-15-11-16-26(39)18-25)23-44(30)36(49)33(37(3,4)5)41-31(45)17-24-13-9-8-10-14-24/h11,15-16,18,24,27-28,30,33H,6-10,12-14,17,19-23H2,1-5H3,(H,40,47)(H,41,45)/t28-,30-,33+,38+/m0/s1. The van der Waals surface area contributed by atoms with Gasteiger partial charge in [0, 0.05) is 49.5 Å². The summed E-state index contributed by atoms with van der Waals surface area (Å²) in [7, 11) is 0. The predicted molar refractivity (Wildman–Crippen MR) is 193 cm³/mol. The molecule has 1 aromatic rings. The van der Waals surface area contributed by atoms with E-state index in [2.05, 4.69) is 15.8 Å². The van der Waals surface area contributed by atoms with Gasteiger partial charge in [0.15, 0.2) is 5.60 Å². The van der Waals surface area contributed by atoms with Crippen molar-refractivity contribution in [1.82, 2.24) is 20.4 Å². The second-order valence-electron chi connectivity index (χ2n) is 15.8. The first-order chi connectivity index (χ1) is 24.2. The number of benzene rings is 1. The molecule has 1 spiro atoms. The largest absolute Gasteiger partial charge is 0.387 e. The monoisotopic (exact) mass is 727 g/mol. The van der Waals surface area contributed by atoms with Crippen LogP contribution in [0.3, 0.4) is 0 Å². The maximum absolute atomic E-state index is 14.6. The highest BCUT2D eigenvalue weighted by molar-refractivity contribution is 6.38. The number of hydrogen-bond acceptors (Lipinski definition) is 8. The molecule has 280 valence electrons. The number of ether oxygens (including phenoxy) is 1. The molecule has 4 aliphatic rings. The summed E-state index contributed by atoms with van der Waals surface area (Å²) < 4.78 is 5.54. The molecular formula is C38H54ClN5O7. The lowest BCUT2D eigenvalue weighted by atomic mass is 9.84. The molecular weight excluding hydrogens is 674 g/mol. The molecule has 4 amide bonds. The Bertz CT molecular complexity index is 1500. The van der Waals surface area contributed by atoms with Crippen molar-refractivity contribution in [3.8, 4) is 0 Å². The quantitative estimate of drug-likeness (QED) is 0.287. The van der Waals surface area contributed by atoms with Gasteiger partial charge in [0.05, 0.1) is 24.4 Å². The number of oxime groups is 1. The Hall–Kier alpha value is -3.51. The first-order valence-electron chi connectivity index (χ1n) is 18.6. The summed E-state index contributed by atoms with van der Waals surface area (Å²) in [6, 6.07) is 4.22. The Morgan fingerprint density at radius 3 is 2.45 bits per heavy atom. The first-order valence-corrected chi connectivity index (χ1v) is 19.0. The van der Waals surface area contributed by atoms with E-state index in [1.807, 2.05) is 46.8 Å². The molecule has 13 heteroatoms. The fourth-order valence-electron chi connectivity index (χ4n) is 7.72. The van der Waals surface area contributed by atoms with Crippen LogP contribution in [-0.4, -0.2) is 101 Å². The average molecular weight is 728 g/mol. The van der Waals surface area contributed by atoms with E-state index in [9.17, 15) is 24.0 Å². The number of halogens is 1. The minimum Gasteiger partial charge on any atom is -0.387 e. The highest BCUT2D eigenvalue weighted by atomic mass is 35.5. The second-order valence-corrected chi connectivity index (χ2v) is 16.2. The van der Waals surface area contributed by atoms with Crippen molar-refractivity contribution in [3.63, 3.8) is 0 Å². The zero-order valence-corrected chi connectivity index (χ0v) is 31.4. The minimum atomic E-state index is -1.06. The molecule has 3 fully saturated rings. The molecule has 5 rings (SSSR count). The number of carbonyl (C=O) groups excluding carboxylic acids is 5. The van der Waals surface area contributed by atoms with Crippen LogP contribution in [0, 0.1) is 11.3 Å². The summed E-state index contributed by atoms with van der Waals surface area (Å²) in [6.07, 6.45) is 6.84. The Balaban J connectivity index is 1.37. The first kappa shape index (κ1) is 38.7. The fourth-order valence-corrected chi connectivity index (χ4v) is 7.91. The summed E-state index contributed by atoms with van der Waals surface area (Å²) in [6.45, 7) is 10.6. The summed E-state index contributed by atoms with van der Waals surface area (Å²) in [5, 5.41) is 10.8. The number of ketones is 1. The molecule has 0 radical (unpaired) electrons. The molecule has 4 atom stereocenters. The van der Waals surface area contributed by atoms with Crippen LogP contribution in [0.15, 0.2) is 29.4 Å². The van der Waals surface area contributed by atoms with Crippen LogP contribution in [0.4, 0.5) is 0 Å². The summed E-state index contributed by atoms with van der Waals surface area (Å²) in [5.74, 6) is -2.22. The van der Waals surface area contributed by atoms with E-state index in [-0.39, 0.29) is 37.3 Å². The number of nitrogens with one attached hydrogen (secondary N) is 2. The number of Topliss-reactive ketones (excluding diaryl/α,β-unsaturated/α-hetero) is 1. The molecule has 0 unspecified atom stereocenters. The summed E-state index contributed by atoms with van der Waals surface area (Å²) in [4.78, 5) is 77.9. The van der Waals surface area contributed by atoms with Crippen LogP contribution in [-0.2, 0) is 33.5 Å². The van der Waals surface area contributed by atoms with Crippen molar-refractivity contribution < 1.29 is 33.5 Å². The second kappa shape index (κ2) is 16.4. The predicted octanol–water partition coefficient (Wildman–Crippen LogP) is 4.41. The zero-order valence-electron chi connectivity index (χ0n) is 30.7. The Labute approximate surface area is 306 Å². The molecule has 3 aliphatic heterocycles. The third kappa shape index (κ3) is 9.30. The maximum atomic E-state index is 14.6. The highest BCUT2D eigenvalue weighted by Crippen LogP contribution is 2.40. The van der Waals surface area contributed by atoms with E-state index in [1.165, 1.54) is 16.2 Å². The molecule has 2 saturated heterocycles. The van der Waals surface area contributed by atoms with E-state index in [0.717, 1.165) is 31.2 Å². The van der Waals surface area contributed by atoms with Gasteiger partial charge in [0.25, 0.3) is 5.91 Å². The van der Waals surface area contributed by atoms with E-state index in [0.29, 0.717) is 49.7 Å². The Morgan fingerprint density at radius 1 is 1.08 bits per heavy atom. The molecule has 3 heterocycles. The van der Waals surface area contributed by atoms with Crippen LogP contribution in [0.2, 0.25) is 5.02 Å². The normalized spacial score (nSPS) is 23.6. The van der Waals surface area contributed by atoms with Gasteiger partial charge < -0.3 is 30.0 Å². The Kier molecular flexibility index (Phi) is 12.5. The van der Waals surface area contributed by atoms with E-state index in [1.54, 1.807) is 12.1 Å². The van der Waals surface area contributed by atoms with Crippen molar-refractivity contribution in [1.29, 1.82) is 0 Å². The number of carbonyl (C=O) groups is 5. The maximum Gasteiger partial charge on any atom is 0.292 e. The number of amides is 4. The smallest absolute Gasteiger partial charge is 0.292 e. The van der Waals surface area contributed by atoms with Gasteiger partial charge in [-0.05, 0) is 49.7 Å². The molecule has 1 saturated carbocycles. The van der Waals surface area contributed by atoms with Gasteiger partial charge in [-0.15, -0.1) is 0 Å². The topological polar surface area (TPSA) is 147 Å². The van der Waals surface area contributed by atoms with Crippen LogP contribution >= 0.6 is 11.6 Å². The molecule has 51 heavy (non-hydrogen) atoms. The number of nitrogens with zero attached hydrogens (tertiary/aromatic N) is 3. The molecule has 12 nitrogen and oxygen atoms in total. The van der Waals surface area contributed by atoms with Gasteiger partial charge in [-0.25, -0.2) is 0 Å². The lowest BCUT2D eigenvalue weighted by Crippen LogP contribution is -2.61. The average Bonchev–Trinajstić information content (AvgIpc) is 3.67. The fraction of sp³-hybridized carbons (Fsp3) is 0.684. The molecule has 1 aromatic carbocycles. The van der Waals surface area contributed by atoms with Crippen molar-refractivity contribution in [2.45, 2.75) is 129 Å². The van der Waals surface area contributed by atoms with E-state index >= 15 is 0 Å². The molecule has 1 aliphatic carbocycles. The van der Waals surface area contributed by atoms with Crippen molar-refractivity contribution >= 4 is 46.7 Å². The van der Waals surface area contributed by atoms with Gasteiger partial charge in [0.2, 0.25) is 23.5 Å². The molecule has 2 N–H and O–H groups in total. The SMILES string of the molecule is CCC[C@H](NC(=O)[C@@H]1C[C@]2(CC(c3cccc(Cl)c3)=NO2)CN1C(=O)[C@@H](NC(=O)CC1CCCCC1)C(C)(C)C)C(=O)C(=O)N1CC(OCC)C1. The van der Waals surface area contributed by atoms with E-state index in [4.69, 9.17) is 21.2 Å². The van der Waals surface area contributed by atoms with Crippen LogP contribution in [0.25, 0.3) is 0 Å². The number of likely N-dealkylation sites (tertiary alicyclic amines) is 2. The van der Waals surface area contributed by atoms with Crippen LogP contribution < -0.4 is 10.6 Å².